The Kier molecular flexibility index (Phi) is 6.16. The number of hydrogen-bond acceptors (Lipinski definition) is 4. The second-order valence-corrected chi connectivity index (χ2v) is 8.91. The van der Waals surface area contributed by atoms with Gasteiger partial charge in [0, 0.05) is 37.1 Å². The van der Waals surface area contributed by atoms with E-state index in [1.165, 1.54) is 25.9 Å². The number of fused-ring (bicyclic) bond motifs is 1. The summed E-state index contributed by atoms with van der Waals surface area (Å²) in [6.45, 7) is 3.94. The number of nitrogens with zero attached hydrogens (tertiary/aromatic N) is 2. The minimum Gasteiger partial charge on any atom is -0.377 e. The predicted molar refractivity (Wildman–Crippen MR) is 108 cm³/mol. The van der Waals surface area contributed by atoms with Gasteiger partial charge in [-0.2, -0.15) is 0 Å². The Balaban J connectivity index is 1.68. The molecule has 0 aliphatic carbocycles. The van der Waals surface area contributed by atoms with E-state index in [1.54, 1.807) is 6.07 Å². The van der Waals surface area contributed by atoms with Gasteiger partial charge in [0.15, 0.2) is 0 Å². The molecule has 3 rings (SSSR count). The molecule has 0 spiro atoms. The van der Waals surface area contributed by atoms with Gasteiger partial charge in [0.1, 0.15) is 0 Å². The molecule has 0 unspecified atom stereocenters. The van der Waals surface area contributed by atoms with Gasteiger partial charge in [-0.3, -0.25) is 0 Å². The first-order valence-corrected chi connectivity index (χ1v) is 10.9. The SMILES string of the molecule is CN(C)c1cccc2c(S(=O)(=O)NCCCCN3CCCC3)cccc12. The van der Waals surface area contributed by atoms with Gasteiger partial charge in [-0.05, 0) is 57.5 Å². The molecule has 5 nitrogen and oxygen atoms in total. The van der Waals surface area contributed by atoms with Gasteiger partial charge >= 0.3 is 0 Å². The lowest BCUT2D eigenvalue weighted by molar-refractivity contribution is 0.330. The lowest BCUT2D eigenvalue weighted by Crippen LogP contribution is -2.26. The largest absolute Gasteiger partial charge is 0.377 e. The Morgan fingerprint density at radius 2 is 1.69 bits per heavy atom. The maximum Gasteiger partial charge on any atom is 0.241 e. The average Bonchev–Trinajstić information content (AvgIpc) is 3.13. The maximum atomic E-state index is 12.8. The molecule has 1 saturated heterocycles. The molecule has 0 atom stereocenters. The van der Waals surface area contributed by atoms with Crippen LogP contribution < -0.4 is 9.62 Å². The number of nitrogens with one attached hydrogen (secondary N) is 1. The first-order chi connectivity index (χ1) is 12.5. The van der Waals surface area contributed by atoms with Gasteiger partial charge in [-0.1, -0.05) is 24.3 Å². The predicted octanol–water partition coefficient (Wildman–Crippen LogP) is 3.06. The van der Waals surface area contributed by atoms with Crippen LogP contribution >= 0.6 is 0 Å². The lowest BCUT2D eigenvalue weighted by atomic mass is 10.1. The topological polar surface area (TPSA) is 52.7 Å². The third-order valence-corrected chi connectivity index (χ3v) is 6.54. The van der Waals surface area contributed by atoms with Crippen molar-refractivity contribution in [3.63, 3.8) is 0 Å². The molecule has 1 aliphatic heterocycles. The van der Waals surface area contributed by atoms with Crippen LogP contribution in [-0.2, 0) is 10.0 Å². The van der Waals surface area contributed by atoms with Crippen LogP contribution in [0.1, 0.15) is 25.7 Å². The zero-order valence-electron chi connectivity index (χ0n) is 15.7. The number of sulfonamides is 1. The molecule has 0 radical (unpaired) electrons. The number of anilines is 1. The van der Waals surface area contributed by atoms with Gasteiger partial charge < -0.3 is 9.80 Å². The van der Waals surface area contributed by atoms with E-state index in [1.807, 2.05) is 49.3 Å². The highest BCUT2D eigenvalue weighted by atomic mass is 32.2. The van der Waals surface area contributed by atoms with E-state index >= 15 is 0 Å². The normalized spacial score (nSPS) is 15.6. The van der Waals surface area contributed by atoms with E-state index in [0.29, 0.717) is 11.4 Å². The summed E-state index contributed by atoms with van der Waals surface area (Å²) in [7, 11) is 0.423. The third-order valence-electron chi connectivity index (χ3n) is 5.02. The molecule has 1 aliphatic rings. The number of hydrogen-bond donors (Lipinski definition) is 1. The maximum absolute atomic E-state index is 12.8. The Bertz CT molecular complexity index is 843. The van der Waals surface area contributed by atoms with Gasteiger partial charge in [0.25, 0.3) is 0 Å². The number of unbranched alkanes of at least 4 members (excludes halogenated alkanes) is 1. The Labute approximate surface area is 157 Å². The van der Waals surface area contributed by atoms with Crippen molar-refractivity contribution in [2.75, 3.05) is 45.2 Å². The summed E-state index contributed by atoms with van der Waals surface area (Å²) >= 11 is 0. The highest BCUT2D eigenvalue weighted by Gasteiger charge is 2.18. The summed E-state index contributed by atoms with van der Waals surface area (Å²) in [5.74, 6) is 0. The summed E-state index contributed by atoms with van der Waals surface area (Å²) < 4.78 is 28.4. The van der Waals surface area contributed by atoms with Crippen molar-refractivity contribution in [2.24, 2.45) is 0 Å². The highest BCUT2D eigenvalue weighted by molar-refractivity contribution is 7.89. The fraction of sp³-hybridized carbons (Fsp3) is 0.500. The van der Waals surface area contributed by atoms with Crippen LogP contribution in [0.4, 0.5) is 5.69 Å². The highest BCUT2D eigenvalue weighted by Crippen LogP contribution is 2.30. The monoisotopic (exact) mass is 375 g/mol. The summed E-state index contributed by atoms with van der Waals surface area (Å²) in [4.78, 5) is 4.82. The van der Waals surface area contributed by atoms with Crippen molar-refractivity contribution in [3.8, 4) is 0 Å². The molecule has 1 heterocycles. The molecule has 1 N–H and O–H groups in total. The molecule has 2 aromatic rings. The van der Waals surface area contributed by atoms with Gasteiger partial charge in [0.2, 0.25) is 10.0 Å². The van der Waals surface area contributed by atoms with Crippen molar-refractivity contribution in [1.82, 2.24) is 9.62 Å². The summed E-state index contributed by atoms with van der Waals surface area (Å²) in [6, 6.07) is 11.3. The van der Waals surface area contributed by atoms with E-state index < -0.39 is 10.0 Å². The first-order valence-electron chi connectivity index (χ1n) is 9.40. The van der Waals surface area contributed by atoms with Crippen LogP contribution in [-0.4, -0.2) is 53.6 Å². The standard InChI is InChI=1S/C20H29N3O2S/c1-22(2)19-11-7-10-18-17(19)9-8-12-20(18)26(24,25)21-13-3-4-14-23-15-5-6-16-23/h7-12,21H,3-6,13-16H2,1-2H3. The van der Waals surface area contributed by atoms with E-state index in [-0.39, 0.29) is 0 Å². The molecule has 6 heteroatoms. The minimum atomic E-state index is -3.51. The van der Waals surface area contributed by atoms with E-state index in [4.69, 9.17) is 0 Å². The molecule has 2 aromatic carbocycles. The Hall–Kier alpha value is -1.63. The van der Waals surface area contributed by atoms with Gasteiger partial charge in [-0.25, -0.2) is 13.1 Å². The second kappa shape index (κ2) is 8.37. The van der Waals surface area contributed by atoms with Crippen LogP contribution in [0, 0.1) is 0 Å². The van der Waals surface area contributed by atoms with E-state index in [0.717, 1.165) is 35.8 Å². The molecular weight excluding hydrogens is 346 g/mol. The zero-order valence-corrected chi connectivity index (χ0v) is 16.6. The van der Waals surface area contributed by atoms with Crippen LogP contribution in [0.15, 0.2) is 41.3 Å². The molecule has 26 heavy (non-hydrogen) atoms. The zero-order chi connectivity index (χ0) is 18.6. The van der Waals surface area contributed by atoms with Gasteiger partial charge in [0.05, 0.1) is 4.90 Å². The summed E-state index contributed by atoms with van der Waals surface area (Å²) in [5, 5.41) is 1.72. The molecule has 0 bridgehead atoms. The Morgan fingerprint density at radius 3 is 2.42 bits per heavy atom. The molecular formula is C20H29N3O2S. The number of benzene rings is 2. The molecule has 0 saturated carbocycles. The minimum absolute atomic E-state index is 0.359. The van der Waals surface area contributed by atoms with Crippen molar-refractivity contribution in [2.45, 2.75) is 30.6 Å². The first kappa shape index (κ1) is 19.1. The van der Waals surface area contributed by atoms with Crippen molar-refractivity contribution in [1.29, 1.82) is 0 Å². The quantitative estimate of drug-likeness (QED) is 0.721. The second-order valence-electron chi connectivity index (χ2n) is 7.18. The van der Waals surface area contributed by atoms with E-state index in [2.05, 4.69) is 9.62 Å². The van der Waals surface area contributed by atoms with Gasteiger partial charge in [-0.15, -0.1) is 0 Å². The van der Waals surface area contributed by atoms with E-state index in [9.17, 15) is 8.42 Å². The smallest absolute Gasteiger partial charge is 0.241 e. The van der Waals surface area contributed by atoms with Crippen LogP contribution in [0.25, 0.3) is 10.8 Å². The van der Waals surface area contributed by atoms with Crippen molar-refractivity contribution in [3.05, 3.63) is 36.4 Å². The van der Waals surface area contributed by atoms with Crippen molar-refractivity contribution < 1.29 is 8.42 Å². The molecule has 0 amide bonds. The van der Waals surface area contributed by atoms with Crippen molar-refractivity contribution >= 4 is 26.5 Å². The third kappa shape index (κ3) is 4.37. The molecule has 142 valence electrons. The van der Waals surface area contributed by atoms with Crippen LogP contribution in [0.3, 0.4) is 0 Å². The fourth-order valence-electron chi connectivity index (χ4n) is 3.64. The molecule has 1 fully saturated rings. The summed E-state index contributed by atoms with van der Waals surface area (Å²) in [6.07, 6.45) is 4.48. The van der Waals surface area contributed by atoms with Crippen LogP contribution in [0.2, 0.25) is 0 Å². The number of likely N-dealkylation sites (tertiary alicyclic amines) is 1. The summed E-state index contributed by atoms with van der Waals surface area (Å²) in [5.41, 5.74) is 1.02. The lowest BCUT2D eigenvalue weighted by Gasteiger charge is -2.17. The molecule has 0 aromatic heterocycles. The average molecular weight is 376 g/mol. The fourth-order valence-corrected chi connectivity index (χ4v) is 4.93. The number of rotatable bonds is 8. The van der Waals surface area contributed by atoms with Crippen LogP contribution in [0.5, 0.6) is 0 Å². The Morgan fingerprint density at radius 1 is 1.00 bits per heavy atom.